The number of nitrogens with one attached hydrogen (secondary N) is 1. The number of ether oxygens (including phenoxy) is 1. The summed E-state index contributed by atoms with van der Waals surface area (Å²) in [4.78, 5) is 11.2. The molecule has 1 fully saturated rings. The number of benzene rings is 2. The van der Waals surface area contributed by atoms with E-state index >= 15 is 0 Å². The number of hydrogen-bond acceptors (Lipinski definition) is 4. The molecule has 0 spiro atoms. The van der Waals surface area contributed by atoms with Gasteiger partial charge in [0.2, 0.25) is 0 Å². The summed E-state index contributed by atoms with van der Waals surface area (Å²) >= 11 is 5.93. The Morgan fingerprint density at radius 3 is 2.29 bits per heavy atom. The number of rotatable bonds is 6. The van der Waals surface area contributed by atoms with Crippen LogP contribution in [0.15, 0.2) is 110 Å². The number of hydrogen-bond donors (Lipinski definition) is 1. The van der Waals surface area contributed by atoms with Crippen LogP contribution in [-0.2, 0) is 0 Å². The smallest absolute Gasteiger partial charge is 0.174 e. The number of anilines is 1. The monoisotopic (exact) mass is 517 g/mol. The number of thiocarbonyl (C=S) groups is 1. The standard InChI is InChI=1S/C31H27N5OS/c1-21-19-27(22(2)35(21)24-9-8-17-32-20-24)30-29(28-12-6-7-18-33-28)34-31(38)36(30)23-13-15-26(16-14-23)37-25-10-4-3-5-11-25/h3-20,29-30H,1-2H3,(H,34,38). The van der Waals surface area contributed by atoms with Crippen LogP contribution in [0, 0.1) is 13.8 Å². The Bertz CT molecular complexity index is 1550. The third-order valence-corrected chi connectivity index (χ3v) is 7.20. The predicted molar refractivity (Wildman–Crippen MR) is 154 cm³/mol. The molecule has 1 saturated heterocycles. The van der Waals surface area contributed by atoms with E-state index in [-0.39, 0.29) is 12.1 Å². The highest BCUT2D eigenvalue weighted by atomic mass is 32.1. The van der Waals surface area contributed by atoms with E-state index < -0.39 is 0 Å². The number of pyridine rings is 2. The highest BCUT2D eigenvalue weighted by Crippen LogP contribution is 2.44. The summed E-state index contributed by atoms with van der Waals surface area (Å²) in [5, 5.41) is 4.22. The zero-order valence-corrected chi connectivity index (χ0v) is 22.0. The first-order chi connectivity index (χ1) is 18.6. The lowest BCUT2D eigenvalue weighted by Gasteiger charge is -2.28. The molecule has 1 aliphatic rings. The van der Waals surface area contributed by atoms with Crippen molar-refractivity contribution in [3.05, 3.63) is 132 Å². The first-order valence-corrected chi connectivity index (χ1v) is 12.9. The minimum atomic E-state index is -0.119. The molecule has 1 aliphatic heterocycles. The molecule has 1 N–H and O–H groups in total. The Hall–Kier alpha value is -4.49. The molecular formula is C31H27N5OS. The Balaban J connectivity index is 1.42. The van der Waals surface area contributed by atoms with E-state index in [1.54, 1.807) is 6.20 Å². The van der Waals surface area contributed by atoms with Crippen molar-refractivity contribution in [1.82, 2.24) is 19.9 Å². The normalized spacial score (nSPS) is 16.9. The van der Waals surface area contributed by atoms with Gasteiger partial charge in [-0.3, -0.25) is 9.97 Å². The number of nitrogens with zero attached hydrogens (tertiary/aromatic N) is 4. The molecular weight excluding hydrogens is 490 g/mol. The molecule has 6 rings (SSSR count). The average Bonchev–Trinajstić information content (AvgIpc) is 3.45. The van der Waals surface area contributed by atoms with E-state index in [1.807, 2.05) is 79.1 Å². The lowest BCUT2D eigenvalue weighted by Crippen LogP contribution is -2.29. The van der Waals surface area contributed by atoms with Gasteiger partial charge >= 0.3 is 0 Å². The van der Waals surface area contributed by atoms with Crippen LogP contribution in [0.4, 0.5) is 5.69 Å². The van der Waals surface area contributed by atoms with Crippen molar-refractivity contribution in [1.29, 1.82) is 0 Å². The van der Waals surface area contributed by atoms with Crippen molar-refractivity contribution in [2.45, 2.75) is 25.9 Å². The topological polar surface area (TPSA) is 55.2 Å². The van der Waals surface area contributed by atoms with E-state index in [9.17, 15) is 0 Å². The molecule has 7 heteroatoms. The van der Waals surface area contributed by atoms with Gasteiger partial charge in [-0.2, -0.15) is 0 Å². The molecule has 6 nitrogen and oxygen atoms in total. The molecule has 188 valence electrons. The molecule has 0 radical (unpaired) electrons. The molecule has 0 saturated carbocycles. The molecule has 4 heterocycles. The van der Waals surface area contributed by atoms with Gasteiger partial charge in [-0.1, -0.05) is 24.3 Å². The SMILES string of the molecule is Cc1cc(C2C(c3ccccn3)NC(=S)N2c2ccc(Oc3ccccc3)cc2)c(C)n1-c1cccnc1. The largest absolute Gasteiger partial charge is 0.457 e. The maximum Gasteiger partial charge on any atom is 0.174 e. The fourth-order valence-corrected chi connectivity index (χ4v) is 5.56. The van der Waals surface area contributed by atoms with Crippen LogP contribution < -0.4 is 15.0 Å². The minimum Gasteiger partial charge on any atom is -0.457 e. The molecule has 3 aromatic heterocycles. The highest BCUT2D eigenvalue weighted by molar-refractivity contribution is 7.80. The predicted octanol–water partition coefficient (Wildman–Crippen LogP) is 6.85. The summed E-state index contributed by atoms with van der Waals surface area (Å²) < 4.78 is 8.27. The Kier molecular flexibility index (Phi) is 6.35. The summed E-state index contributed by atoms with van der Waals surface area (Å²) in [6, 6.07) is 29.9. The van der Waals surface area contributed by atoms with Crippen molar-refractivity contribution in [3.63, 3.8) is 0 Å². The first kappa shape index (κ1) is 23.9. The molecule has 0 bridgehead atoms. The minimum absolute atomic E-state index is 0.102. The zero-order valence-electron chi connectivity index (χ0n) is 21.2. The second-order valence-electron chi connectivity index (χ2n) is 9.28. The first-order valence-electron chi connectivity index (χ1n) is 12.5. The van der Waals surface area contributed by atoms with E-state index in [4.69, 9.17) is 21.9 Å². The van der Waals surface area contributed by atoms with Gasteiger partial charge in [0.1, 0.15) is 11.5 Å². The van der Waals surface area contributed by atoms with Crippen LogP contribution >= 0.6 is 12.2 Å². The van der Waals surface area contributed by atoms with Gasteiger partial charge in [-0.25, -0.2) is 0 Å². The molecule has 2 atom stereocenters. The van der Waals surface area contributed by atoms with E-state index in [0.29, 0.717) is 5.11 Å². The summed E-state index contributed by atoms with van der Waals surface area (Å²) in [6.45, 7) is 4.28. The third-order valence-electron chi connectivity index (χ3n) is 6.88. The van der Waals surface area contributed by atoms with E-state index in [2.05, 4.69) is 57.9 Å². The van der Waals surface area contributed by atoms with Gasteiger partial charge in [-0.05, 0) is 98.4 Å². The van der Waals surface area contributed by atoms with Gasteiger partial charge in [0.25, 0.3) is 0 Å². The van der Waals surface area contributed by atoms with Crippen LogP contribution in [0.2, 0.25) is 0 Å². The molecule has 38 heavy (non-hydrogen) atoms. The van der Waals surface area contributed by atoms with E-state index in [1.165, 1.54) is 5.56 Å². The van der Waals surface area contributed by atoms with Gasteiger partial charge in [0.15, 0.2) is 5.11 Å². The Morgan fingerprint density at radius 1 is 0.816 bits per heavy atom. The zero-order chi connectivity index (χ0) is 26.1. The fraction of sp³-hybridized carbons (Fsp3) is 0.129. The van der Waals surface area contributed by atoms with Gasteiger partial charge in [0.05, 0.1) is 29.7 Å². The highest BCUT2D eigenvalue weighted by Gasteiger charge is 2.42. The van der Waals surface area contributed by atoms with Crippen LogP contribution in [-0.4, -0.2) is 19.6 Å². The second-order valence-corrected chi connectivity index (χ2v) is 9.67. The number of aromatic nitrogens is 3. The van der Waals surface area contributed by atoms with Crippen LogP contribution in [0.3, 0.4) is 0 Å². The summed E-state index contributed by atoms with van der Waals surface area (Å²) in [6.07, 6.45) is 5.51. The lowest BCUT2D eigenvalue weighted by molar-refractivity contribution is 0.482. The van der Waals surface area contributed by atoms with Gasteiger partial charge in [-0.15, -0.1) is 0 Å². The van der Waals surface area contributed by atoms with Gasteiger partial charge < -0.3 is 19.5 Å². The number of para-hydroxylation sites is 1. The average molecular weight is 518 g/mol. The van der Waals surface area contributed by atoms with Crippen molar-refractivity contribution in [3.8, 4) is 17.2 Å². The van der Waals surface area contributed by atoms with Crippen LogP contribution in [0.5, 0.6) is 11.5 Å². The van der Waals surface area contributed by atoms with E-state index in [0.717, 1.165) is 40.0 Å². The van der Waals surface area contributed by atoms with Crippen molar-refractivity contribution in [2.75, 3.05) is 4.90 Å². The van der Waals surface area contributed by atoms with Gasteiger partial charge in [0, 0.05) is 29.5 Å². The lowest BCUT2D eigenvalue weighted by atomic mass is 9.96. The van der Waals surface area contributed by atoms with Crippen molar-refractivity contribution < 1.29 is 4.74 Å². The molecule has 2 aromatic carbocycles. The summed E-state index contributed by atoms with van der Waals surface area (Å²) in [5.74, 6) is 1.57. The molecule has 5 aromatic rings. The Labute approximate surface area is 227 Å². The van der Waals surface area contributed by atoms with Crippen molar-refractivity contribution in [2.24, 2.45) is 0 Å². The third kappa shape index (κ3) is 4.41. The fourth-order valence-electron chi connectivity index (χ4n) is 5.22. The van der Waals surface area contributed by atoms with Crippen molar-refractivity contribution >= 4 is 23.0 Å². The quantitative estimate of drug-likeness (QED) is 0.249. The maximum absolute atomic E-state index is 6.03. The number of aryl methyl sites for hydroxylation is 1. The Morgan fingerprint density at radius 2 is 1.58 bits per heavy atom. The van der Waals surface area contributed by atoms with Crippen LogP contribution in [0.1, 0.15) is 34.7 Å². The molecule has 2 unspecified atom stereocenters. The second kappa shape index (κ2) is 10.1. The maximum atomic E-state index is 6.03. The molecule has 0 amide bonds. The van der Waals surface area contributed by atoms with Crippen LogP contribution in [0.25, 0.3) is 5.69 Å². The summed E-state index contributed by atoms with van der Waals surface area (Å²) in [5.41, 5.74) is 6.41. The molecule has 0 aliphatic carbocycles. The summed E-state index contributed by atoms with van der Waals surface area (Å²) in [7, 11) is 0.